The molecule has 2 saturated heterocycles. The first kappa shape index (κ1) is 28.8. The summed E-state index contributed by atoms with van der Waals surface area (Å²) in [6.45, 7) is 1.99. The van der Waals surface area contributed by atoms with Gasteiger partial charge in [0.25, 0.3) is 5.91 Å². The van der Waals surface area contributed by atoms with Crippen LogP contribution in [0.3, 0.4) is 0 Å². The van der Waals surface area contributed by atoms with Crippen molar-refractivity contribution >= 4 is 24.0 Å². The molecule has 216 valence electrons. The zero-order valence-corrected chi connectivity index (χ0v) is 23.6. The molecule has 3 atom stereocenters. The van der Waals surface area contributed by atoms with Gasteiger partial charge in [-0.1, -0.05) is 104 Å². The topological polar surface area (TPSA) is 93.2 Å². The summed E-state index contributed by atoms with van der Waals surface area (Å²) in [6, 6.07) is 27.9. The molecule has 2 fully saturated rings. The summed E-state index contributed by atoms with van der Waals surface area (Å²) in [5, 5.41) is 0. The fourth-order valence-electron chi connectivity index (χ4n) is 5.38. The standard InChI is InChI=1S/C34H34N2O6/c1-24(31(37)35-29(22-41-33(35)39)20-26-13-7-3-8-14-26)17-18-28(19-25-11-5-2-6-12-25)32(38)36-30(23-42-34(36)40)21-27-15-9-4-10-16-27/h2-16,18,24,29-30H,17,19-23H2,1H3/b28-18+/t24-,29-,30-/m0/s1. The van der Waals surface area contributed by atoms with Crippen molar-refractivity contribution in [3.05, 3.63) is 119 Å². The molecular weight excluding hydrogens is 532 g/mol. The maximum atomic E-state index is 13.9. The molecule has 2 aliphatic rings. The summed E-state index contributed by atoms with van der Waals surface area (Å²) in [5.74, 6) is -1.40. The molecule has 0 aromatic heterocycles. The highest BCUT2D eigenvalue weighted by Gasteiger charge is 2.41. The molecule has 0 N–H and O–H groups in total. The van der Waals surface area contributed by atoms with Crippen molar-refractivity contribution in [3.63, 3.8) is 0 Å². The van der Waals surface area contributed by atoms with Crippen LogP contribution in [0.5, 0.6) is 0 Å². The van der Waals surface area contributed by atoms with Crippen LogP contribution in [-0.2, 0) is 38.3 Å². The van der Waals surface area contributed by atoms with E-state index in [0.29, 0.717) is 18.4 Å². The highest BCUT2D eigenvalue weighted by Crippen LogP contribution is 2.25. The van der Waals surface area contributed by atoms with E-state index >= 15 is 0 Å². The first-order chi connectivity index (χ1) is 20.4. The molecule has 0 spiro atoms. The van der Waals surface area contributed by atoms with E-state index in [2.05, 4.69) is 0 Å². The second-order valence-electron chi connectivity index (χ2n) is 10.8. The monoisotopic (exact) mass is 566 g/mol. The molecule has 42 heavy (non-hydrogen) atoms. The number of allylic oxidation sites excluding steroid dienone is 1. The Kier molecular flexibility index (Phi) is 9.12. The van der Waals surface area contributed by atoms with Gasteiger partial charge < -0.3 is 9.47 Å². The molecule has 8 nitrogen and oxygen atoms in total. The lowest BCUT2D eigenvalue weighted by Gasteiger charge is -2.23. The predicted molar refractivity (Wildman–Crippen MR) is 156 cm³/mol. The number of benzene rings is 3. The minimum Gasteiger partial charge on any atom is -0.447 e. The number of rotatable bonds is 10. The average molecular weight is 567 g/mol. The lowest BCUT2D eigenvalue weighted by Crippen LogP contribution is -2.43. The van der Waals surface area contributed by atoms with Crippen LogP contribution in [0.2, 0.25) is 0 Å². The molecule has 0 radical (unpaired) electrons. The molecule has 0 unspecified atom stereocenters. The van der Waals surface area contributed by atoms with Crippen molar-refractivity contribution in [2.24, 2.45) is 5.92 Å². The summed E-state index contributed by atoms with van der Waals surface area (Å²) in [7, 11) is 0. The fraction of sp³-hybridized carbons (Fsp3) is 0.294. The number of nitrogens with zero attached hydrogens (tertiary/aromatic N) is 2. The van der Waals surface area contributed by atoms with Crippen LogP contribution < -0.4 is 0 Å². The van der Waals surface area contributed by atoms with Crippen molar-refractivity contribution in [3.8, 4) is 0 Å². The van der Waals surface area contributed by atoms with Gasteiger partial charge in [-0.2, -0.15) is 0 Å². The van der Waals surface area contributed by atoms with Crippen LogP contribution in [0.25, 0.3) is 0 Å². The van der Waals surface area contributed by atoms with E-state index in [1.165, 1.54) is 9.80 Å². The summed E-state index contributed by atoms with van der Waals surface area (Å²) in [5.41, 5.74) is 3.29. The van der Waals surface area contributed by atoms with Crippen molar-refractivity contribution in [2.75, 3.05) is 13.2 Å². The van der Waals surface area contributed by atoms with Crippen LogP contribution in [0.1, 0.15) is 30.0 Å². The maximum Gasteiger partial charge on any atom is 0.417 e. The van der Waals surface area contributed by atoms with E-state index < -0.39 is 36.1 Å². The van der Waals surface area contributed by atoms with Gasteiger partial charge in [0.2, 0.25) is 5.91 Å². The highest BCUT2D eigenvalue weighted by molar-refractivity contribution is 6.04. The smallest absolute Gasteiger partial charge is 0.417 e. The van der Waals surface area contributed by atoms with Crippen LogP contribution in [0.4, 0.5) is 9.59 Å². The van der Waals surface area contributed by atoms with Gasteiger partial charge in [0.05, 0.1) is 12.1 Å². The van der Waals surface area contributed by atoms with Crippen molar-refractivity contribution < 1.29 is 28.7 Å². The van der Waals surface area contributed by atoms with E-state index in [9.17, 15) is 19.2 Å². The van der Waals surface area contributed by atoms with E-state index in [0.717, 1.165) is 16.7 Å². The van der Waals surface area contributed by atoms with Gasteiger partial charge in [0.1, 0.15) is 13.2 Å². The Balaban J connectivity index is 1.34. The number of carbonyl (C=O) groups excluding carboxylic acids is 4. The molecule has 0 aliphatic carbocycles. The lowest BCUT2D eigenvalue weighted by molar-refractivity contribution is -0.133. The van der Waals surface area contributed by atoms with Gasteiger partial charge in [-0.05, 0) is 36.0 Å². The zero-order valence-electron chi connectivity index (χ0n) is 23.6. The number of hydrogen-bond donors (Lipinski definition) is 0. The third-order valence-corrected chi connectivity index (χ3v) is 7.66. The molecule has 5 rings (SSSR count). The summed E-state index contributed by atoms with van der Waals surface area (Å²) in [4.78, 5) is 55.1. The summed E-state index contributed by atoms with van der Waals surface area (Å²) >= 11 is 0. The van der Waals surface area contributed by atoms with Gasteiger partial charge >= 0.3 is 12.2 Å². The van der Waals surface area contributed by atoms with Crippen LogP contribution in [0.15, 0.2) is 103 Å². The van der Waals surface area contributed by atoms with E-state index in [4.69, 9.17) is 9.47 Å². The molecule has 0 bridgehead atoms. The molecule has 3 aromatic carbocycles. The Bertz CT molecular complexity index is 1440. The molecule has 0 saturated carbocycles. The van der Waals surface area contributed by atoms with Crippen LogP contribution >= 0.6 is 0 Å². The first-order valence-corrected chi connectivity index (χ1v) is 14.2. The van der Waals surface area contributed by atoms with Gasteiger partial charge in [0.15, 0.2) is 0 Å². The lowest BCUT2D eigenvalue weighted by atomic mass is 9.97. The minimum atomic E-state index is -0.674. The summed E-state index contributed by atoms with van der Waals surface area (Å²) < 4.78 is 10.5. The maximum absolute atomic E-state index is 13.9. The third-order valence-electron chi connectivity index (χ3n) is 7.66. The Morgan fingerprint density at radius 1 is 0.738 bits per heavy atom. The van der Waals surface area contributed by atoms with Gasteiger partial charge in [-0.25, -0.2) is 19.4 Å². The SMILES string of the molecule is C[C@@H](C/C=C(\Cc1ccccc1)C(=O)N1C(=O)OC[C@@H]1Cc1ccccc1)C(=O)N1C(=O)OC[C@@H]1Cc1ccccc1. The fourth-order valence-corrected chi connectivity index (χ4v) is 5.38. The quantitative estimate of drug-likeness (QED) is 0.307. The number of amides is 4. The molecular formula is C34H34N2O6. The minimum absolute atomic E-state index is 0.118. The molecule has 2 heterocycles. The van der Waals surface area contributed by atoms with Gasteiger partial charge in [0, 0.05) is 17.9 Å². The normalized spacial score (nSPS) is 19.4. The second kappa shape index (κ2) is 13.3. The van der Waals surface area contributed by atoms with E-state index in [-0.39, 0.29) is 32.0 Å². The van der Waals surface area contributed by atoms with Gasteiger partial charge in [-0.15, -0.1) is 0 Å². The Morgan fingerprint density at radius 3 is 1.71 bits per heavy atom. The Hall–Kier alpha value is -4.72. The number of cyclic esters (lactones) is 2. The highest BCUT2D eigenvalue weighted by atomic mass is 16.6. The largest absolute Gasteiger partial charge is 0.447 e. The van der Waals surface area contributed by atoms with Crippen molar-refractivity contribution in [1.29, 1.82) is 0 Å². The number of ether oxygens (including phenoxy) is 2. The molecule has 4 amide bonds. The molecule has 8 heteroatoms. The predicted octanol–water partition coefficient (Wildman–Crippen LogP) is 5.36. The average Bonchev–Trinajstić information content (AvgIpc) is 3.56. The number of carbonyl (C=O) groups is 4. The Labute approximate surface area is 245 Å². The van der Waals surface area contributed by atoms with Gasteiger partial charge in [-0.3, -0.25) is 9.59 Å². The number of hydrogen-bond acceptors (Lipinski definition) is 6. The summed E-state index contributed by atoms with van der Waals surface area (Å²) in [6.07, 6.45) is 1.86. The first-order valence-electron chi connectivity index (χ1n) is 14.2. The van der Waals surface area contributed by atoms with E-state index in [1.807, 2.05) is 91.0 Å². The second-order valence-corrected chi connectivity index (χ2v) is 10.8. The van der Waals surface area contributed by atoms with Crippen molar-refractivity contribution in [1.82, 2.24) is 9.80 Å². The third kappa shape index (κ3) is 6.77. The van der Waals surface area contributed by atoms with Crippen molar-refractivity contribution in [2.45, 2.75) is 44.7 Å². The number of imide groups is 2. The van der Waals surface area contributed by atoms with Crippen LogP contribution in [-0.4, -0.2) is 59.1 Å². The zero-order chi connectivity index (χ0) is 29.5. The van der Waals surface area contributed by atoms with Crippen LogP contribution in [0, 0.1) is 5.92 Å². The van der Waals surface area contributed by atoms with E-state index in [1.54, 1.807) is 13.0 Å². The molecule has 3 aromatic rings. The Morgan fingerprint density at radius 2 is 1.19 bits per heavy atom. The molecule has 2 aliphatic heterocycles.